The fourth-order valence-corrected chi connectivity index (χ4v) is 1.11. The van der Waals surface area contributed by atoms with E-state index in [4.69, 9.17) is 9.68 Å². The van der Waals surface area contributed by atoms with Crippen molar-refractivity contribution in [2.75, 3.05) is 0 Å². The molecule has 0 aliphatic carbocycles. The number of nitrogens with zero attached hydrogens (tertiary/aromatic N) is 4. The van der Waals surface area contributed by atoms with E-state index in [1.165, 1.54) is 0 Å². The monoisotopic (exact) mass is 200 g/mol. The number of hydrogen-bond acceptors (Lipinski definition) is 5. The van der Waals surface area contributed by atoms with Gasteiger partial charge in [0.2, 0.25) is 5.89 Å². The van der Waals surface area contributed by atoms with Crippen molar-refractivity contribution in [1.29, 1.82) is 5.26 Å². The fraction of sp³-hybridized carbons (Fsp3) is 0.200. The maximum absolute atomic E-state index is 8.40. The van der Waals surface area contributed by atoms with E-state index < -0.39 is 0 Å². The molecule has 2 heterocycles. The van der Waals surface area contributed by atoms with Crippen molar-refractivity contribution in [2.24, 2.45) is 0 Å². The SMILES string of the molecule is N#CCCc1nnc(-c2ccccn2)o1. The van der Waals surface area contributed by atoms with Gasteiger partial charge >= 0.3 is 0 Å². The molecule has 2 aromatic heterocycles. The molecule has 0 bridgehead atoms. The van der Waals surface area contributed by atoms with Gasteiger partial charge in [0, 0.05) is 19.0 Å². The second-order valence-electron chi connectivity index (χ2n) is 2.87. The van der Waals surface area contributed by atoms with Gasteiger partial charge in [0.1, 0.15) is 5.69 Å². The molecule has 0 aliphatic rings. The lowest BCUT2D eigenvalue weighted by Crippen LogP contribution is -1.82. The summed E-state index contributed by atoms with van der Waals surface area (Å²) in [6, 6.07) is 7.48. The number of aromatic nitrogens is 3. The van der Waals surface area contributed by atoms with Gasteiger partial charge in [-0.25, -0.2) is 0 Å². The highest BCUT2D eigenvalue weighted by molar-refractivity contribution is 5.44. The van der Waals surface area contributed by atoms with E-state index in [1.54, 1.807) is 12.3 Å². The predicted octanol–water partition coefficient (Wildman–Crippen LogP) is 1.59. The smallest absolute Gasteiger partial charge is 0.266 e. The molecule has 0 saturated carbocycles. The Morgan fingerprint density at radius 2 is 2.27 bits per heavy atom. The molecule has 5 heteroatoms. The Morgan fingerprint density at radius 3 is 3.00 bits per heavy atom. The standard InChI is InChI=1S/C10H8N4O/c11-6-3-5-9-13-14-10(15-9)8-4-1-2-7-12-8/h1-2,4,7H,3,5H2. The molecular formula is C10H8N4O. The highest BCUT2D eigenvalue weighted by Crippen LogP contribution is 2.14. The van der Waals surface area contributed by atoms with Gasteiger partial charge in [0.15, 0.2) is 0 Å². The van der Waals surface area contributed by atoms with E-state index in [9.17, 15) is 0 Å². The van der Waals surface area contributed by atoms with Crippen molar-refractivity contribution in [3.8, 4) is 17.7 Å². The maximum atomic E-state index is 8.40. The molecule has 0 spiro atoms. The minimum absolute atomic E-state index is 0.379. The molecule has 0 radical (unpaired) electrons. The Labute approximate surface area is 86.4 Å². The molecule has 0 N–H and O–H groups in total. The second-order valence-corrected chi connectivity index (χ2v) is 2.87. The van der Waals surface area contributed by atoms with Crippen molar-refractivity contribution in [2.45, 2.75) is 12.8 Å². The summed E-state index contributed by atoms with van der Waals surface area (Å²) in [5, 5.41) is 16.1. The molecule has 0 saturated heterocycles. The van der Waals surface area contributed by atoms with E-state index in [1.807, 2.05) is 18.2 Å². The van der Waals surface area contributed by atoms with Gasteiger partial charge in [-0.15, -0.1) is 10.2 Å². The number of hydrogen-bond donors (Lipinski definition) is 0. The highest BCUT2D eigenvalue weighted by Gasteiger charge is 2.08. The summed E-state index contributed by atoms with van der Waals surface area (Å²) in [6.45, 7) is 0. The van der Waals surface area contributed by atoms with Gasteiger partial charge in [0.05, 0.1) is 6.07 Å². The maximum Gasteiger partial charge on any atom is 0.266 e. The first-order valence-electron chi connectivity index (χ1n) is 4.51. The number of aryl methyl sites for hydroxylation is 1. The van der Waals surface area contributed by atoms with Crippen LogP contribution in [0.3, 0.4) is 0 Å². The zero-order valence-electron chi connectivity index (χ0n) is 7.92. The summed E-state index contributed by atoms with van der Waals surface area (Å²) < 4.78 is 5.34. The first kappa shape index (κ1) is 9.34. The van der Waals surface area contributed by atoms with Gasteiger partial charge in [-0.05, 0) is 12.1 Å². The summed E-state index contributed by atoms with van der Waals surface area (Å²) in [6.07, 6.45) is 2.52. The third-order valence-electron chi connectivity index (χ3n) is 1.80. The molecule has 0 atom stereocenters. The van der Waals surface area contributed by atoms with E-state index in [-0.39, 0.29) is 0 Å². The Morgan fingerprint density at radius 1 is 1.33 bits per heavy atom. The van der Waals surface area contributed by atoms with Crippen LogP contribution in [0, 0.1) is 11.3 Å². The quantitative estimate of drug-likeness (QED) is 0.751. The summed E-state index contributed by atoms with van der Waals surface area (Å²) in [4.78, 5) is 4.08. The third kappa shape index (κ3) is 2.17. The van der Waals surface area contributed by atoms with E-state index >= 15 is 0 Å². The molecule has 5 nitrogen and oxygen atoms in total. The zero-order valence-corrected chi connectivity index (χ0v) is 7.92. The van der Waals surface area contributed by atoms with Crippen LogP contribution in [-0.2, 0) is 6.42 Å². The first-order valence-corrected chi connectivity index (χ1v) is 4.51. The van der Waals surface area contributed by atoms with Crippen LogP contribution in [0.15, 0.2) is 28.8 Å². The lowest BCUT2D eigenvalue weighted by molar-refractivity contribution is 0.505. The van der Waals surface area contributed by atoms with Crippen molar-refractivity contribution in [1.82, 2.24) is 15.2 Å². The lowest BCUT2D eigenvalue weighted by atomic mass is 10.3. The van der Waals surface area contributed by atoms with Crippen LogP contribution in [0.25, 0.3) is 11.6 Å². The van der Waals surface area contributed by atoms with Gasteiger partial charge in [-0.2, -0.15) is 5.26 Å². The molecule has 74 valence electrons. The summed E-state index contributed by atoms with van der Waals surface area (Å²) >= 11 is 0. The Kier molecular flexibility index (Phi) is 2.70. The van der Waals surface area contributed by atoms with Crippen LogP contribution in [0.2, 0.25) is 0 Å². The van der Waals surface area contributed by atoms with Crippen LogP contribution in [0.1, 0.15) is 12.3 Å². The molecule has 2 rings (SSSR count). The van der Waals surface area contributed by atoms with E-state index in [2.05, 4.69) is 15.2 Å². The van der Waals surface area contributed by atoms with E-state index in [0.29, 0.717) is 30.3 Å². The summed E-state index contributed by atoms with van der Waals surface area (Å²) in [7, 11) is 0. The fourth-order valence-electron chi connectivity index (χ4n) is 1.11. The minimum atomic E-state index is 0.379. The molecular weight excluding hydrogens is 192 g/mol. The van der Waals surface area contributed by atoms with Gasteiger partial charge in [0.25, 0.3) is 5.89 Å². The third-order valence-corrected chi connectivity index (χ3v) is 1.80. The predicted molar refractivity (Wildman–Crippen MR) is 51.5 cm³/mol. The molecule has 2 aromatic rings. The Balaban J connectivity index is 2.18. The molecule has 15 heavy (non-hydrogen) atoms. The first-order chi connectivity index (χ1) is 7.40. The average molecular weight is 200 g/mol. The van der Waals surface area contributed by atoms with Crippen LogP contribution in [-0.4, -0.2) is 15.2 Å². The topological polar surface area (TPSA) is 75.6 Å². The second kappa shape index (κ2) is 4.33. The molecule has 0 aliphatic heterocycles. The molecule has 0 unspecified atom stereocenters. The molecule has 0 amide bonds. The van der Waals surface area contributed by atoms with Crippen molar-refractivity contribution >= 4 is 0 Å². The van der Waals surface area contributed by atoms with Crippen LogP contribution >= 0.6 is 0 Å². The molecule has 0 aromatic carbocycles. The van der Waals surface area contributed by atoms with Crippen LogP contribution < -0.4 is 0 Å². The number of nitriles is 1. The largest absolute Gasteiger partial charge is 0.419 e. The number of rotatable bonds is 3. The highest BCUT2D eigenvalue weighted by atomic mass is 16.4. The Hall–Kier alpha value is -2.22. The Bertz CT molecular complexity index is 472. The van der Waals surface area contributed by atoms with Crippen molar-refractivity contribution in [3.05, 3.63) is 30.3 Å². The van der Waals surface area contributed by atoms with Crippen molar-refractivity contribution in [3.63, 3.8) is 0 Å². The minimum Gasteiger partial charge on any atom is -0.419 e. The van der Waals surface area contributed by atoms with Crippen LogP contribution in [0.5, 0.6) is 0 Å². The summed E-state index contributed by atoms with van der Waals surface area (Å²) in [5.41, 5.74) is 0.646. The van der Waals surface area contributed by atoms with Gasteiger partial charge in [-0.3, -0.25) is 4.98 Å². The van der Waals surface area contributed by atoms with E-state index in [0.717, 1.165) is 0 Å². The average Bonchev–Trinajstić information content (AvgIpc) is 2.76. The molecule has 0 fully saturated rings. The van der Waals surface area contributed by atoms with Crippen LogP contribution in [0.4, 0.5) is 0 Å². The normalized spacial score (nSPS) is 9.80. The summed E-state index contributed by atoms with van der Waals surface area (Å²) in [5.74, 6) is 0.862. The number of pyridine rings is 1. The van der Waals surface area contributed by atoms with Gasteiger partial charge in [-0.1, -0.05) is 6.07 Å². The van der Waals surface area contributed by atoms with Crippen molar-refractivity contribution < 1.29 is 4.42 Å². The lowest BCUT2D eigenvalue weighted by Gasteiger charge is -1.90. The zero-order chi connectivity index (χ0) is 10.5. The van der Waals surface area contributed by atoms with Gasteiger partial charge < -0.3 is 4.42 Å².